The first-order valence-electron chi connectivity index (χ1n) is 7.90. The van der Waals surface area contributed by atoms with Gasteiger partial charge in [0.05, 0.1) is 25.5 Å². The topological polar surface area (TPSA) is 63.9 Å². The van der Waals surface area contributed by atoms with Gasteiger partial charge in [-0.1, -0.05) is 0 Å². The van der Waals surface area contributed by atoms with Gasteiger partial charge < -0.3 is 19.1 Å². The van der Waals surface area contributed by atoms with Crippen LogP contribution in [-0.2, 0) is 22.6 Å². The van der Waals surface area contributed by atoms with Crippen LogP contribution in [0.5, 0.6) is 5.75 Å². The van der Waals surface area contributed by atoms with Crippen molar-refractivity contribution in [2.45, 2.75) is 39.5 Å². The van der Waals surface area contributed by atoms with Crippen LogP contribution in [0, 0.1) is 0 Å². The first kappa shape index (κ1) is 17.0. The number of morpholine rings is 1. The molecular formula is C16H26N2O4. The van der Waals surface area contributed by atoms with E-state index >= 15 is 0 Å². The van der Waals surface area contributed by atoms with Crippen molar-refractivity contribution in [2.24, 2.45) is 0 Å². The summed E-state index contributed by atoms with van der Waals surface area (Å²) in [5.74, 6) is -0.199. The molecule has 1 saturated heterocycles. The van der Waals surface area contributed by atoms with Gasteiger partial charge in [-0.3, -0.25) is 9.69 Å². The Morgan fingerprint density at radius 1 is 1.36 bits per heavy atom. The van der Waals surface area contributed by atoms with Crippen molar-refractivity contribution < 1.29 is 14.6 Å². The highest BCUT2D eigenvalue weighted by molar-refractivity contribution is 5.20. The lowest BCUT2D eigenvalue weighted by Gasteiger charge is -2.27. The van der Waals surface area contributed by atoms with E-state index in [1.807, 2.05) is 18.4 Å². The Balaban J connectivity index is 2.02. The Bertz CT molecular complexity index is 521. The number of aromatic hydroxyl groups is 1. The van der Waals surface area contributed by atoms with Gasteiger partial charge in [0, 0.05) is 44.5 Å². The highest BCUT2D eigenvalue weighted by atomic mass is 16.5. The van der Waals surface area contributed by atoms with Crippen LogP contribution in [0.3, 0.4) is 0 Å². The molecule has 6 heteroatoms. The summed E-state index contributed by atoms with van der Waals surface area (Å²) in [6, 6.07) is 1.54. The van der Waals surface area contributed by atoms with Crippen LogP contribution in [-0.4, -0.2) is 53.6 Å². The zero-order valence-electron chi connectivity index (χ0n) is 13.5. The third-order valence-electron chi connectivity index (χ3n) is 3.68. The van der Waals surface area contributed by atoms with Gasteiger partial charge in [-0.15, -0.1) is 0 Å². The summed E-state index contributed by atoms with van der Waals surface area (Å²) < 4.78 is 12.8. The van der Waals surface area contributed by atoms with Gasteiger partial charge in [-0.2, -0.15) is 0 Å². The summed E-state index contributed by atoms with van der Waals surface area (Å²) >= 11 is 0. The van der Waals surface area contributed by atoms with E-state index in [0.717, 1.165) is 45.0 Å². The normalized spacial score (nSPS) is 16.3. The molecule has 0 radical (unpaired) electrons. The maximum absolute atomic E-state index is 11.7. The molecule has 1 N–H and O–H groups in total. The SMILES string of the molecule is CC(C)OCCCn1cc(O)c(=O)cc1CN1CCOCC1. The lowest BCUT2D eigenvalue weighted by Crippen LogP contribution is -2.36. The van der Waals surface area contributed by atoms with Gasteiger partial charge in [-0.25, -0.2) is 0 Å². The van der Waals surface area contributed by atoms with E-state index in [2.05, 4.69) is 4.90 Å². The molecule has 2 heterocycles. The molecule has 124 valence electrons. The quantitative estimate of drug-likeness (QED) is 0.767. The smallest absolute Gasteiger partial charge is 0.223 e. The van der Waals surface area contributed by atoms with Gasteiger partial charge in [0.1, 0.15) is 0 Å². The molecule has 0 aliphatic carbocycles. The number of hydrogen-bond acceptors (Lipinski definition) is 5. The summed E-state index contributed by atoms with van der Waals surface area (Å²) in [6.07, 6.45) is 2.60. The minimum atomic E-state index is -0.321. The minimum absolute atomic E-state index is 0.199. The van der Waals surface area contributed by atoms with Crippen molar-refractivity contribution in [3.05, 3.63) is 28.2 Å². The summed E-state index contributed by atoms with van der Waals surface area (Å²) in [4.78, 5) is 14.0. The van der Waals surface area contributed by atoms with Crippen molar-refractivity contribution in [1.82, 2.24) is 9.47 Å². The average molecular weight is 310 g/mol. The van der Waals surface area contributed by atoms with E-state index in [0.29, 0.717) is 13.2 Å². The average Bonchev–Trinajstić information content (AvgIpc) is 2.49. The molecule has 1 aromatic rings. The molecule has 1 fully saturated rings. The molecule has 0 spiro atoms. The molecule has 2 rings (SSSR count). The van der Waals surface area contributed by atoms with E-state index in [1.54, 1.807) is 0 Å². The molecule has 0 amide bonds. The summed E-state index contributed by atoms with van der Waals surface area (Å²) in [6.45, 7) is 9.29. The van der Waals surface area contributed by atoms with Gasteiger partial charge in [0.2, 0.25) is 5.43 Å². The molecule has 0 unspecified atom stereocenters. The van der Waals surface area contributed by atoms with E-state index in [9.17, 15) is 9.90 Å². The number of nitrogens with zero attached hydrogens (tertiary/aromatic N) is 2. The number of hydrogen-bond donors (Lipinski definition) is 1. The van der Waals surface area contributed by atoms with E-state index in [-0.39, 0.29) is 17.3 Å². The third kappa shape index (κ3) is 5.12. The number of ether oxygens (including phenoxy) is 2. The van der Waals surface area contributed by atoms with Crippen LogP contribution in [0.2, 0.25) is 0 Å². The zero-order valence-corrected chi connectivity index (χ0v) is 13.5. The van der Waals surface area contributed by atoms with Crippen molar-refractivity contribution in [2.75, 3.05) is 32.9 Å². The fourth-order valence-electron chi connectivity index (χ4n) is 2.49. The molecular weight excluding hydrogens is 284 g/mol. The predicted molar refractivity (Wildman–Crippen MR) is 84.2 cm³/mol. The monoisotopic (exact) mass is 310 g/mol. The zero-order chi connectivity index (χ0) is 15.9. The molecule has 0 aromatic carbocycles. The summed E-state index contributed by atoms with van der Waals surface area (Å²) in [5.41, 5.74) is 0.604. The van der Waals surface area contributed by atoms with Crippen LogP contribution in [0.4, 0.5) is 0 Å². The molecule has 22 heavy (non-hydrogen) atoms. The van der Waals surface area contributed by atoms with Crippen molar-refractivity contribution in [3.8, 4) is 5.75 Å². The molecule has 0 atom stereocenters. The first-order valence-corrected chi connectivity index (χ1v) is 7.90. The Morgan fingerprint density at radius 3 is 2.77 bits per heavy atom. The Kier molecular flexibility index (Phi) is 6.42. The number of rotatable bonds is 7. The van der Waals surface area contributed by atoms with Crippen LogP contribution in [0.25, 0.3) is 0 Å². The number of pyridine rings is 1. The van der Waals surface area contributed by atoms with Crippen LogP contribution in [0.15, 0.2) is 17.1 Å². The van der Waals surface area contributed by atoms with E-state index < -0.39 is 0 Å². The molecule has 6 nitrogen and oxygen atoms in total. The van der Waals surface area contributed by atoms with E-state index in [1.165, 1.54) is 12.3 Å². The highest BCUT2D eigenvalue weighted by Crippen LogP contribution is 2.11. The first-order chi connectivity index (χ1) is 10.6. The van der Waals surface area contributed by atoms with E-state index in [4.69, 9.17) is 9.47 Å². The highest BCUT2D eigenvalue weighted by Gasteiger charge is 2.14. The maximum Gasteiger partial charge on any atom is 0.223 e. The Hall–Kier alpha value is -1.37. The van der Waals surface area contributed by atoms with Gasteiger partial charge in [0.25, 0.3) is 0 Å². The molecule has 0 saturated carbocycles. The van der Waals surface area contributed by atoms with Crippen LogP contribution < -0.4 is 5.43 Å². The largest absolute Gasteiger partial charge is 0.503 e. The minimum Gasteiger partial charge on any atom is -0.503 e. The summed E-state index contributed by atoms with van der Waals surface area (Å²) in [5, 5.41) is 9.68. The Labute approximate surface area is 131 Å². The van der Waals surface area contributed by atoms with Crippen LogP contribution >= 0.6 is 0 Å². The fraction of sp³-hybridized carbons (Fsp3) is 0.688. The van der Waals surface area contributed by atoms with Gasteiger partial charge in [0.15, 0.2) is 5.75 Å². The van der Waals surface area contributed by atoms with Crippen LogP contribution in [0.1, 0.15) is 26.0 Å². The second kappa shape index (κ2) is 8.31. The molecule has 0 bridgehead atoms. The lowest BCUT2D eigenvalue weighted by molar-refractivity contribution is 0.0329. The van der Waals surface area contributed by atoms with Crippen molar-refractivity contribution in [3.63, 3.8) is 0 Å². The predicted octanol–water partition coefficient (Wildman–Crippen LogP) is 1.20. The Morgan fingerprint density at radius 2 is 2.09 bits per heavy atom. The number of aromatic nitrogens is 1. The van der Waals surface area contributed by atoms with Gasteiger partial charge in [-0.05, 0) is 20.3 Å². The third-order valence-corrected chi connectivity index (χ3v) is 3.68. The standard InChI is InChI=1S/C16H26N2O4/c1-13(2)22-7-3-4-18-12-16(20)15(19)10-14(18)11-17-5-8-21-9-6-17/h10,12-13,20H,3-9,11H2,1-2H3. The van der Waals surface area contributed by atoms with Crippen molar-refractivity contribution >= 4 is 0 Å². The fourth-order valence-corrected chi connectivity index (χ4v) is 2.49. The molecule has 1 aliphatic rings. The molecule has 1 aliphatic heterocycles. The molecule has 1 aromatic heterocycles. The second-order valence-electron chi connectivity index (χ2n) is 5.87. The van der Waals surface area contributed by atoms with Crippen molar-refractivity contribution in [1.29, 1.82) is 0 Å². The maximum atomic E-state index is 11.7. The second-order valence-corrected chi connectivity index (χ2v) is 5.87. The van der Waals surface area contributed by atoms with Gasteiger partial charge >= 0.3 is 0 Å². The lowest BCUT2D eigenvalue weighted by atomic mass is 10.2. The summed E-state index contributed by atoms with van der Waals surface area (Å²) in [7, 11) is 0. The number of aryl methyl sites for hydroxylation is 1.